The molecule has 0 amide bonds. The number of hydrogen-bond acceptors (Lipinski definition) is 2. The normalized spacial score (nSPS) is 18.4. The second-order valence-electron chi connectivity index (χ2n) is 5.93. The third-order valence-corrected chi connectivity index (χ3v) is 4.65. The van der Waals surface area contributed by atoms with E-state index in [1.807, 2.05) is 0 Å². The van der Waals surface area contributed by atoms with Gasteiger partial charge in [0.05, 0.1) is 0 Å². The smallest absolute Gasteiger partial charge is 0.0469 e. The van der Waals surface area contributed by atoms with Crippen molar-refractivity contribution in [3.05, 3.63) is 35.9 Å². The largest absolute Gasteiger partial charge is 0.381 e. The van der Waals surface area contributed by atoms with E-state index in [-0.39, 0.29) is 0 Å². The minimum absolute atomic E-state index is 0.494. The molecule has 1 unspecified atom stereocenters. The van der Waals surface area contributed by atoms with E-state index in [4.69, 9.17) is 4.74 Å². The summed E-state index contributed by atoms with van der Waals surface area (Å²) < 4.78 is 5.45. The molecular weight excluding hydrogens is 246 g/mol. The predicted octanol–water partition coefficient (Wildman–Crippen LogP) is 4.18. The molecular formula is C18H29NO. The highest BCUT2D eigenvalue weighted by atomic mass is 16.5. The Balaban J connectivity index is 1.98. The number of rotatable bonds is 7. The average molecular weight is 275 g/mol. The second-order valence-corrected chi connectivity index (χ2v) is 5.93. The quantitative estimate of drug-likeness (QED) is 0.806. The molecule has 0 aliphatic carbocycles. The summed E-state index contributed by atoms with van der Waals surface area (Å²) in [6, 6.07) is 11.4. The number of hydrogen-bond donors (Lipinski definition) is 1. The Bertz CT molecular complexity index is 355. The highest BCUT2D eigenvalue weighted by Crippen LogP contribution is 2.28. The van der Waals surface area contributed by atoms with E-state index in [2.05, 4.69) is 49.5 Å². The van der Waals surface area contributed by atoms with Gasteiger partial charge >= 0.3 is 0 Å². The Labute approximate surface area is 123 Å². The molecule has 112 valence electrons. The fraction of sp³-hybridized carbons (Fsp3) is 0.667. The van der Waals surface area contributed by atoms with Crippen molar-refractivity contribution in [1.82, 2.24) is 5.32 Å². The van der Waals surface area contributed by atoms with Crippen molar-refractivity contribution in [1.29, 1.82) is 0 Å². The van der Waals surface area contributed by atoms with E-state index in [1.54, 1.807) is 0 Å². The van der Waals surface area contributed by atoms with Crippen LogP contribution in [-0.4, -0.2) is 19.8 Å². The van der Waals surface area contributed by atoms with Crippen molar-refractivity contribution >= 4 is 0 Å². The molecule has 1 N–H and O–H groups in total. The topological polar surface area (TPSA) is 21.3 Å². The van der Waals surface area contributed by atoms with Gasteiger partial charge in [0.15, 0.2) is 0 Å². The first-order chi connectivity index (χ1) is 9.85. The fourth-order valence-corrected chi connectivity index (χ4v) is 3.22. The molecule has 1 heterocycles. The molecule has 1 saturated heterocycles. The number of nitrogens with one attached hydrogen (secondary N) is 1. The van der Waals surface area contributed by atoms with Crippen LogP contribution in [0.3, 0.4) is 0 Å². The summed E-state index contributed by atoms with van der Waals surface area (Å²) in [4.78, 5) is 0. The van der Waals surface area contributed by atoms with Crippen molar-refractivity contribution in [2.24, 2.45) is 11.8 Å². The van der Waals surface area contributed by atoms with Crippen molar-refractivity contribution in [3.63, 3.8) is 0 Å². The summed E-state index contributed by atoms with van der Waals surface area (Å²) in [5, 5.41) is 3.85. The minimum atomic E-state index is 0.494. The van der Waals surface area contributed by atoms with Crippen molar-refractivity contribution in [2.75, 3.05) is 19.8 Å². The van der Waals surface area contributed by atoms with Gasteiger partial charge in [0.2, 0.25) is 0 Å². The van der Waals surface area contributed by atoms with Gasteiger partial charge in [0.1, 0.15) is 0 Å². The molecule has 2 nitrogen and oxygen atoms in total. The maximum atomic E-state index is 5.45. The van der Waals surface area contributed by atoms with Crippen LogP contribution in [0.25, 0.3) is 0 Å². The highest BCUT2D eigenvalue weighted by molar-refractivity contribution is 5.19. The summed E-state index contributed by atoms with van der Waals surface area (Å²) in [6.07, 6.45) is 4.88. The van der Waals surface area contributed by atoms with E-state index in [9.17, 15) is 0 Å². The molecule has 20 heavy (non-hydrogen) atoms. The Morgan fingerprint density at radius 1 is 1.10 bits per heavy atom. The Kier molecular flexibility index (Phi) is 6.55. The molecule has 1 fully saturated rings. The van der Waals surface area contributed by atoms with Crippen molar-refractivity contribution < 1.29 is 4.74 Å². The third kappa shape index (κ3) is 4.32. The van der Waals surface area contributed by atoms with Crippen LogP contribution in [0.2, 0.25) is 0 Å². The van der Waals surface area contributed by atoms with Crippen LogP contribution in [0.1, 0.15) is 51.1 Å². The second kappa shape index (κ2) is 8.43. The molecule has 2 rings (SSSR count). The van der Waals surface area contributed by atoms with Crippen LogP contribution in [0, 0.1) is 11.8 Å². The summed E-state index contributed by atoms with van der Waals surface area (Å²) in [7, 11) is 0. The van der Waals surface area contributed by atoms with E-state index in [1.165, 1.54) is 31.2 Å². The lowest BCUT2D eigenvalue weighted by atomic mass is 9.88. The zero-order chi connectivity index (χ0) is 14.2. The van der Waals surface area contributed by atoms with Crippen LogP contribution in [0.5, 0.6) is 0 Å². The predicted molar refractivity (Wildman–Crippen MR) is 84.8 cm³/mol. The first-order valence-electron chi connectivity index (χ1n) is 8.21. The lowest BCUT2D eigenvalue weighted by Crippen LogP contribution is -2.34. The Morgan fingerprint density at radius 2 is 1.75 bits per heavy atom. The number of benzene rings is 1. The zero-order valence-electron chi connectivity index (χ0n) is 13.0. The lowest BCUT2D eigenvalue weighted by molar-refractivity contribution is 0.0646. The first kappa shape index (κ1) is 15.5. The summed E-state index contributed by atoms with van der Waals surface area (Å²) >= 11 is 0. The third-order valence-electron chi connectivity index (χ3n) is 4.65. The van der Waals surface area contributed by atoms with Gasteiger partial charge in [-0.2, -0.15) is 0 Å². The molecule has 1 aromatic carbocycles. The van der Waals surface area contributed by atoms with Gasteiger partial charge in [-0.1, -0.05) is 57.0 Å². The summed E-state index contributed by atoms with van der Waals surface area (Å²) in [6.45, 7) is 7.61. The monoisotopic (exact) mass is 275 g/mol. The van der Waals surface area contributed by atoms with Gasteiger partial charge in [-0.3, -0.25) is 0 Å². The van der Waals surface area contributed by atoms with Crippen LogP contribution >= 0.6 is 0 Å². The highest BCUT2D eigenvalue weighted by Gasteiger charge is 2.22. The lowest BCUT2D eigenvalue weighted by Gasteiger charge is -2.30. The molecule has 0 bridgehead atoms. The van der Waals surface area contributed by atoms with E-state index in [0.29, 0.717) is 6.04 Å². The van der Waals surface area contributed by atoms with Gasteiger partial charge in [-0.15, -0.1) is 0 Å². The van der Waals surface area contributed by atoms with Gasteiger partial charge in [-0.05, 0) is 36.8 Å². The van der Waals surface area contributed by atoms with Crippen LogP contribution < -0.4 is 5.32 Å². The van der Waals surface area contributed by atoms with Gasteiger partial charge in [0.25, 0.3) is 0 Å². The maximum Gasteiger partial charge on any atom is 0.0469 e. The minimum Gasteiger partial charge on any atom is -0.381 e. The molecule has 0 saturated carbocycles. The summed E-state index contributed by atoms with van der Waals surface area (Å²) in [5.41, 5.74) is 1.44. The van der Waals surface area contributed by atoms with Crippen LogP contribution in [0.4, 0.5) is 0 Å². The molecule has 0 aromatic heterocycles. The molecule has 2 heteroatoms. The van der Waals surface area contributed by atoms with E-state index < -0.39 is 0 Å². The summed E-state index contributed by atoms with van der Waals surface area (Å²) in [5.74, 6) is 1.50. The molecule has 1 aromatic rings. The van der Waals surface area contributed by atoms with Gasteiger partial charge in [0, 0.05) is 19.3 Å². The van der Waals surface area contributed by atoms with Crippen LogP contribution in [-0.2, 0) is 4.74 Å². The maximum absolute atomic E-state index is 5.45. The zero-order valence-corrected chi connectivity index (χ0v) is 13.0. The van der Waals surface area contributed by atoms with Gasteiger partial charge < -0.3 is 10.1 Å². The molecule has 0 radical (unpaired) electrons. The fourth-order valence-electron chi connectivity index (χ4n) is 3.22. The van der Waals surface area contributed by atoms with E-state index >= 15 is 0 Å². The van der Waals surface area contributed by atoms with Crippen LogP contribution in [0.15, 0.2) is 30.3 Å². The molecule has 1 aliphatic heterocycles. The van der Waals surface area contributed by atoms with Crippen molar-refractivity contribution in [2.45, 2.75) is 45.6 Å². The SMILES string of the molecule is CCC(CC)C(NCC1CCOCC1)c1ccccc1. The Morgan fingerprint density at radius 3 is 2.35 bits per heavy atom. The standard InChI is InChI=1S/C18H29NO/c1-3-16(4-2)18(17-8-6-5-7-9-17)19-14-15-10-12-20-13-11-15/h5-9,15-16,18-19H,3-4,10-14H2,1-2H3. The molecule has 1 atom stereocenters. The van der Waals surface area contributed by atoms with Crippen molar-refractivity contribution in [3.8, 4) is 0 Å². The average Bonchev–Trinajstić information content (AvgIpc) is 2.53. The number of ether oxygens (including phenoxy) is 1. The molecule has 1 aliphatic rings. The Hall–Kier alpha value is -0.860. The van der Waals surface area contributed by atoms with E-state index in [0.717, 1.165) is 31.6 Å². The molecule has 0 spiro atoms. The van der Waals surface area contributed by atoms with Gasteiger partial charge in [-0.25, -0.2) is 0 Å². The first-order valence-corrected chi connectivity index (χ1v) is 8.21.